The monoisotopic (exact) mass is 688 g/mol. The molecule has 3 heterocycles. The van der Waals surface area contributed by atoms with Crippen molar-refractivity contribution >= 4 is 19.7 Å². The van der Waals surface area contributed by atoms with E-state index in [1.807, 2.05) is 61.5 Å². The van der Waals surface area contributed by atoms with Crippen molar-refractivity contribution in [1.29, 1.82) is 0 Å². The van der Waals surface area contributed by atoms with Gasteiger partial charge in [0, 0.05) is 18.8 Å². The first-order valence-electron chi connectivity index (χ1n) is 15.4. The summed E-state index contributed by atoms with van der Waals surface area (Å²) in [5.41, 5.74) is -0.369. The Balaban J connectivity index is 0.000000644. The number of nitrogens with zero attached hydrogens (tertiary/aromatic N) is 1. The molecule has 2 bridgehead atoms. The first-order chi connectivity index (χ1) is 21.9. The predicted octanol–water partition coefficient (Wildman–Crippen LogP) is 7.68. The number of para-hydroxylation sites is 1. The molecule has 3 fully saturated rings. The number of piperidine rings is 3. The molecule has 3 saturated heterocycles. The number of halogens is 6. The zero-order valence-corrected chi connectivity index (χ0v) is 26.7. The maximum atomic E-state index is 13.7. The molecule has 1 atom stereocenters. The number of benzene rings is 3. The molecule has 47 heavy (non-hydrogen) atoms. The van der Waals surface area contributed by atoms with Crippen molar-refractivity contribution < 1.29 is 53.8 Å². The Labute approximate surface area is 269 Å². The van der Waals surface area contributed by atoms with Crippen molar-refractivity contribution in [2.45, 2.75) is 37.9 Å². The Hall–Kier alpha value is -3.67. The van der Waals surface area contributed by atoms with Crippen molar-refractivity contribution in [3.05, 3.63) is 102 Å². The third kappa shape index (κ3) is 10.4. The van der Waals surface area contributed by atoms with Gasteiger partial charge in [-0.2, -0.15) is 0 Å². The number of hydrogen-bond acceptors (Lipinski definition) is 5. The number of carbonyl (C=O) groups is 2. The van der Waals surface area contributed by atoms with Gasteiger partial charge in [0.15, 0.2) is 6.10 Å². The summed E-state index contributed by atoms with van der Waals surface area (Å²) in [6.45, 7) is 6.54. The van der Waals surface area contributed by atoms with Gasteiger partial charge in [-0.15, -0.1) is 0 Å². The van der Waals surface area contributed by atoms with Crippen LogP contribution in [0.25, 0.3) is 0 Å². The molecule has 0 radical (unpaired) electrons. The van der Waals surface area contributed by atoms with E-state index in [0.29, 0.717) is 42.1 Å². The van der Waals surface area contributed by atoms with Crippen LogP contribution < -0.4 is 10.1 Å². The molecule has 3 aromatic carbocycles. The van der Waals surface area contributed by atoms with E-state index >= 15 is 0 Å². The van der Waals surface area contributed by atoms with Crippen LogP contribution in [0, 0.1) is 5.92 Å². The number of hydrogen-bond donors (Lipinski definition) is 2. The van der Waals surface area contributed by atoms with Crippen LogP contribution in [-0.2, 0) is 15.1 Å². The summed E-state index contributed by atoms with van der Waals surface area (Å²) in [6, 6.07) is 25.3. The third-order valence-electron chi connectivity index (χ3n) is 8.44. The van der Waals surface area contributed by atoms with Crippen LogP contribution in [0.3, 0.4) is 0 Å². The van der Waals surface area contributed by atoms with Crippen molar-refractivity contribution in [2.75, 3.05) is 39.3 Å². The van der Waals surface area contributed by atoms with Gasteiger partial charge in [-0.3, -0.25) is 4.79 Å². The second-order valence-electron chi connectivity index (χ2n) is 12.0. The molecular weight excluding hydrogens is 649 g/mol. The molecule has 0 unspecified atom stereocenters. The number of esters is 1. The summed E-state index contributed by atoms with van der Waals surface area (Å²) in [7, 11) is -10.7. The average molecular weight is 689 g/mol. The van der Waals surface area contributed by atoms with Crippen molar-refractivity contribution in [2.24, 2.45) is 5.92 Å². The van der Waals surface area contributed by atoms with E-state index in [2.05, 4.69) is 5.32 Å². The van der Waals surface area contributed by atoms with Crippen LogP contribution in [0.5, 0.6) is 5.75 Å². The Morgan fingerprint density at radius 1 is 0.872 bits per heavy atom. The Morgan fingerprint density at radius 2 is 1.38 bits per heavy atom. The molecule has 0 aliphatic carbocycles. The van der Waals surface area contributed by atoms with Gasteiger partial charge in [0.1, 0.15) is 12.3 Å². The molecule has 0 aromatic heterocycles. The number of rotatable bonds is 11. The van der Waals surface area contributed by atoms with E-state index < -0.39 is 19.4 Å². The Morgan fingerprint density at radius 3 is 1.91 bits per heavy atom. The Kier molecular flexibility index (Phi) is 10.3. The summed E-state index contributed by atoms with van der Waals surface area (Å²) in [6.07, 6.45) is 2.49. The van der Waals surface area contributed by atoms with Crippen LogP contribution in [0.2, 0.25) is 0 Å². The van der Waals surface area contributed by atoms with E-state index in [0.717, 1.165) is 43.4 Å². The third-order valence-corrected chi connectivity index (χ3v) is 8.44. The van der Waals surface area contributed by atoms with E-state index in [1.165, 1.54) is 0 Å². The van der Waals surface area contributed by atoms with E-state index in [-0.39, 0.29) is 17.9 Å². The number of carbonyl (C=O) groups excluding carboxylic acids is 2. The van der Waals surface area contributed by atoms with E-state index in [1.54, 1.807) is 30.3 Å². The van der Waals surface area contributed by atoms with Gasteiger partial charge >= 0.3 is 39.0 Å². The fourth-order valence-corrected chi connectivity index (χ4v) is 6.15. The van der Waals surface area contributed by atoms with E-state index in [9.17, 15) is 39.9 Å². The molecule has 0 saturated carbocycles. The number of quaternary nitrogens is 1. The van der Waals surface area contributed by atoms with Crippen LogP contribution in [0.1, 0.15) is 47.7 Å². The predicted molar refractivity (Wildman–Crippen MR) is 166 cm³/mol. The normalized spacial score (nSPS) is 22.1. The molecule has 1 amide bonds. The zero-order valence-electron chi connectivity index (χ0n) is 25.8. The number of ether oxygens (including phenoxy) is 2. The van der Waals surface area contributed by atoms with Gasteiger partial charge in [-0.05, 0) is 29.7 Å². The minimum absolute atomic E-state index is 0.143. The number of amides is 1. The van der Waals surface area contributed by atoms with Gasteiger partial charge in [-0.25, -0.2) is 4.79 Å². The number of fused-ring (bicyclic) bond motifs is 3. The Bertz CT molecular complexity index is 1470. The molecular formula is C33H39F6N2O5P. The number of aliphatic hydroxyl groups is 1. The fourth-order valence-electron chi connectivity index (χ4n) is 6.15. The summed E-state index contributed by atoms with van der Waals surface area (Å²) >= 11 is 0. The van der Waals surface area contributed by atoms with Gasteiger partial charge in [0.2, 0.25) is 5.60 Å². The second-order valence-corrected chi connectivity index (χ2v) is 13.9. The minimum atomic E-state index is -10.7. The molecule has 3 aliphatic heterocycles. The van der Waals surface area contributed by atoms with Crippen LogP contribution in [-0.4, -0.2) is 66.9 Å². The summed E-state index contributed by atoms with van der Waals surface area (Å²) in [4.78, 5) is 26.7. The maximum absolute atomic E-state index is 13.7. The summed E-state index contributed by atoms with van der Waals surface area (Å²) in [5, 5.41) is 14.9. The standard InChI is InChI=1S/C33H38N2O5.F6P/c1-2-23-39-29-16-10-9-15-28(29)31(36)34-19-22-35-20-17-25(18-21-35)30(24-35)40-32(37)33(38,26-11-5-3-6-12-26)27-13-7-4-8-14-27;1-7(2,3,4,5)6/h3-16,25,30,38H,2,17-24H2,1H3;/q;-1/p+1/t25?,30-,35?;/m0./s1. The zero-order chi connectivity index (χ0) is 34.4. The number of nitrogens with one attached hydrogen (secondary N) is 1. The van der Waals surface area contributed by atoms with Crippen molar-refractivity contribution in [1.82, 2.24) is 5.32 Å². The van der Waals surface area contributed by atoms with Crippen molar-refractivity contribution in [3.63, 3.8) is 0 Å². The van der Waals surface area contributed by atoms with Crippen LogP contribution in [0.4, 0.5) is 25.2 Å². The molecule has 3 aromatic rings. The fraction of sp³-hybridized carbons (Fsp3) is 0.394. The molecule has 6 rings (SSSR count). The first-order valence-corrected chi connectivity index (χ1v) is 17.4. The van der Waals surface area contributed by atoms with Gasteiger partial charge in [0.25, 0.3) is 5.91 Å². The van der Waals surface area contributed by atoms with Gasteiger partial charge < -0.3 is 24.4 Å². The summed E-state index contributed by atoms with van der Waals surface area (Å²) in [5.74, 6) is 0.0928. The topological polar surface area (TPSA) is 84.9 Å². The van der Waals surface area contributed by atoms with E-state index in [4.69, 9.17) is 9.47 Å². The molecule has 7 nitrogen and oxygen atoms in total. The van der Waals surface area contributed by atoms with Crippen LogP contribution in [0.15, 0.2) is 84.9 Å². The molecule has 2 N–H and O–H groups in total. The summed E-state index contributed by atoms with van der Waals surface area (Å²) < 4.78 is 71.9. The SMILES string of the molecule is CCCOc1ccccc1C(=O)NCC[N+]12CCC(CC1)[C@@H](OC(=O)C(O)(c1ccccc1)c1ccccc1)C2.F[P-](F)(F)(F)(F)F. The molecule has 14 heteroatoms. The molecule has 3 aliphatic rings. The molecule has 258 valence electrons. The van der Waals surface area contributed by atoms with Gasteiger partial charge in [0.05, 0.1) is 38.3 Å². The second kappa shape index (κ2) is 13.4. The van der Waals surface area contributed by atoms with Crippen molar-refractivity contribution in [3.8, 4) is 5.75 Å². The average Bonchev–Trinajstić information content (AvgIpc) is 3.03. The first kappa shape index (κ1) is 36.2. The molecule has 0 spiro atoms. The van der Waals surface area contributed by atoms with Crippen LogP contribution >= 0.6 is 7.81 Å². The van der Waals surface area contributed by atoms with Gasteiger partial charge in [-0.1, -0.05) is 79.7 Å². The quantitative estimate of drug-likeness (QED) is 0.0935.